The van der Waals surface area contributed by atoms with Gasteiger partial charge in [0.1, 0.15) is 0 Å². The Morgan fingerprint density at radius 3 is 2.71 bits per heavy atom. The molecule has 1 N–H and O–H groups in total. The van der Waals surface area contributed by atoms with Crippen molar-refractivity contribution < 1.29 is 0 Å². The van der Waals surface area contributed by atoms with Crippen LogP contribution < -0.4 is 0 Å². The highest BCUT2D eigenvalue weighted by molar-refractivity contribution is 7.99. The van der Waals surface area contributed by atoms with Gasteiger partial charge in [-0.1, -0.05) is 12.8 Å². The van der Waals surface area contributed by atoms with Crippen molar-refractivity contribution >= 4 is 17.6 Å². The third-order valence-corrected chi connectivity index (χ3v) is 4.69. The van der Waals surface area contributed by atoms with Crippen molar-refractivity contribution in [1.82, 2.24) is 4.90 Å². The maximum atomic E-state index is 7.92. The Morgan fingerprint density at radius 1 is 1.29 bits per heavy atom. The number of likely N-dealkylation sites (tertiary alicyclic amines) is 1. The van der Waals surface area contributed by atoms with E-state index in [1.165, 1.54) is 32.1 Å². The lowest BCUT2D eigenvalue weighted by Crippen LogP contribution is -2.44. The first kappa shape index (κ1) is 10.3. The van der Waals surface area contributed by atoms with Gasteiger partial charge in [-0.2, -0.15) is 11.8 Å². The average Bonchev–Trinajstić information content (AvgIpc) is 2.64. The van der Waals surface area contributed by atoms with Crippen molar-refractivity contribution in [3.05, 3.63) is 0 Å². The van der Waals surface area contributed by atoms with E-state index in [-0.39, 0.29) is 0 Å². The quantitative estimate of drug-likeness (QED) is 0.762. The number of hydrogen-bond donors (Lipinski definition) is 1. The SMILES string of the molecule is CSC1CCCCC1N1CCCC1=N. The van der Waals surface area contributed by atoms with Crippen LogP contribution in [0.5, 0.6) is 0 Å². The lowest BCUT2D eigenvalue weighted by molar-refractivity contribution is 0.265. The van der Waals surface area contributed by atoms with Crippen LogP contribution in [0.3, 0.4) is 0 Å². The first-order valence-electron chi connectivity index (χ1n) is 5.70. The average molecular weight is 212 g/mol. The van der Waals surface area contributed by atoms with Crippen molar-refractivity contribution in [3.8, 4) is 0 Å². The molecule has 0 spiro atoms. The molecule has 0 aromatic carbocycles. The molecule has 0 bridgehead atoms. The van der Waals surface area contributed by atoms with Gasteiger partial charge in [0.15, 0.2) is 0 Å². The second-order valence-electron chi connectivity index (χ2n) is 4.37. The van der Waals surface area contributed by atoms with Crippen LogP contribution in [-0.2, 0) is 0 Å². The standard InChI is InChI=1S/C11H20N2S/c1-14-10-6-3-2-5-9(10)13-8-4-7-11(13)12/h9-10,12H,2-8H2,1H3. The van der Waals surface area contributed by atoms with Crippen LogP contribution in [0.1, 0.15) is 38.5 Å². The molecule has 1 saturated heterocycles. The van der Waals surface area contributed by atoms with Crippen LogP contribution >= 0.6 is 11.8 Å². The van der Waals surface area contributed by atoms with Gasteiger partial charge in [0.05, 0.1) is 5.84 Å². The number of nitrogens with one attached hydrogen (secondary N) is 1. The molecule has 2 nitrogen and oxygen atoms in total. The zero-order valence-corrected chi connectivity index (χ0v) is 9.78. The van der Waals surface area contributed by atoms with E-state index in [0.29, 0.717) is 6.04 Å². The molecule has 0 aromatic heterocycles. The second kappa shape index (κ2) is 4.56. The Bertz CT molecular complexity index is 217. The fourth-order valence-electron chi connectivity index (χ4n) is 2.77. The fraction of sp³-hybridized carbons (Fsp3) is 0.909. The maximum absolute atomic E-state index is 7.92. The molecule has 0 aromatic rings. The van der Waals surface area contributed by atoms with E-state index in [1.54, 1.807) is 0 Å². The van der Waals surface area contributed by atoms with E-state index in [1.807, 2.05) is 11.8 Å². The monoisotopic (exact) mass is 212 g/mol. The zero-order chi connectivity index (χ0) is 9.97. The molecule has 1 saturated carbocycles. The smallest absolute Gasteiger partial charge is 0.0961 e. The van der Waals surface area contributed by atoms with Gasteiger partial charge < -0.3 is 4.90 Å². The van der Waals surface area contributed by atoms with Crippen molar-refractivity contribution in [2.75, 3.05) is 12.8 Å². The van der Waals surface area contributed by atoms with Crippen LogP contribution in [0.4, 0.5) is 0 Å². The molecule has 2 aliphatic rings. The van der Waals surface area contributed by atoms with Gasteiger partial charge in [-0.15, -0.1) is 0 Å². The molecular formula is C11H20N2S. The van der Waals surface area contributed by atoms with E-state index < -0.39 is 0 Å². The molecule has 2 atom stereocenters. The third kappa shape index (κ3) is 1.92. The Labute approximate surface area is 90.9 Å². The molecule has 1 heterocycles. The van der Waals surface area contributed by atoms with E-state index >= 15 is 0 Å². The molecular weight excluding hydrogens is 192 g/mol. The predicted octanol–water partition coefficient (Wildman–Crippen LogP) is 2.73. The molecule has 2 rings (SSSR count). The Kier molecular flexibility index (Phi) is 3.37. The number of hydrogen-bond acceptors (Lipinski definition) is 2. The van der Waals surface area contributed by atoms with Gasteiger partial charge in [-0.05, 0) is 25.5 Å². The van der Waals surface area contributed by atoms with Crippen LogP contribution in [0.15, 0.2) is 0 Å². The summed E-state index contributed by atoms with van der Waals surface area (Å²) in [5.74, 6) is 0.899. The van der Waals surface area contributed by atoms with Gasteiger partial charge in [0, 0.05) is 24.3 Å². The van der Waals surface area contributed by atoms with Crippen molar-refractivity contribution in [2.24, 2.45) is 0 Å². The molecule has 1 aliphatic carbocycles. The Balaban J connectivity index is 2.02. The van der Waals surface area contributed by atoms with E-state index in [0.717, 1.165) is 24.1 Å². The minimum atomic E-state index is 0.675. The largest absolute Gasteiger partial charge is 0.356 e. The maximum Gasteiger partial charge on any atom is 0.0961 e. The number of amidine groups is 1. The fourth-order valence-corrected chi connectivity index (χ4v) is 3.77. The highest BCUT2D eigenvalue weighted by Gasteiger charge is 2.32. The van der Waals surface area contributed by atoms with Crippen molar-refractivity contribution in [2.45, 2.75) is 49.8 Å². The number of nitrogens with zero attached hydrogens (tertiary/aromatic N) is 1. The van der Waals surface area contributed by atoms with E-state index in [2.05, 4.69) is 11.2 Å². The highest BCUT2D eigenvalue weighted by Crippen LogP contribution is 2.32. The highest BCUT2D eigenvalue weighted by atomic mass is 32.2. The first-order chi connectivity index (χ1) is 6.83. The summed E-state index contributed by atoms with van der Waals surface area (Å²) in [4.78, 5) is 2.38. The van der Waals surface area contributed by atoms with Crippen LogP contribution in [0.2, 0.25) is 0 Å². The Morgan fingerprint density at radius 2 is 2.07 bits per heavy atom. The second-order valence-corrected chi connectivity index (χ2v) is 5.45. The van der Waals surface area contributed by atoms with Gasteiger partial charge in [0.25, 0.3) is 0 Å². The summed E-state index contributed by atoms with van der Waals surface area (Å²) < 4.78 is 0. The summed E-state index contributed by atoms with van der Waals surface area (Å²) in [5.41, 5.74) is 0. The normalized spacial score (nSPS) is 33.8. The summed E-state index contributed by atoms with van der Waals surface area (Å²) in [6.07, 6.45) is 9.87. The molecule has 2 fully saturated rings. The summed E-state index contributed by atoms with van der Waals surface area (Å²) in [6.45, 7) is 1.14. The van der Waals surface area contributed by atoms with Gasteiger partial charge in [-0.3, -0.25) is 5.41 Å². The summed E-state index contributed by atoms with van der Waals surface area (Å²) >= 11 is 2.00. The van der Waals surface area contributed by atoms with Crippen molar-refractivity contribution in [3.63, 3.8) is 0 Å². The van der Waals surface area contributed by atoms with Crippen LogP contribution in [0, 0.1) is 5.41 Å². The minimum absolute atomic E-state index is 0.675. The zero-order valence-electron chi connectivity index (χ0n) is 8.96. The van der Waals surface area contributed by atoms with Crippen LogP contribution in [0.25, 0.3) is 0 Å². The number of rotatable bonds is 2. The van der Waals surface area contributed by atoms with Gasteiger partial charge in [-0.25, -0.2) is 0 Å². The predicted molar refractivity (Wildman–Crippen MR) is 63.2 cm³/mol. The molecule has 0 amide bonds. The molecule has 14 heavy (non-hydrogen) atoms. The van der Waals surface area contributed by atoms with E-state index in [9.17, 15) is 0 Å². The first-order valence-corrected chi connectivity index (χ1v) is 6.98. The minimum Gasteiger partial charge on any atom is -0.356 e. The molecule has 1 aliphatic heterocycles. The molecule has 80 valence electrons. The van der Waals surface area contributed by atoms with Gasteiger partial charge in [0.2, 0.25) is 0 Å². The summed E-state index contributed by atoms with van der Waals surface area (Å²) in [5, 5.41) is 8.70. The third-order valence-electron chi connectivity index (χ3n) is 3.53. The van der Waals surface area contributed by atoms with Crippen molar-refractivity contribution in [1.29, 1.82) is 5.41 Å². The summed E-state index contributed by atoms with van der Waals surface area (Å²) in [7, 11) is 0. The number of thioether (sulfide) groups is 1. The molecule has 3 heteroatoms. The Hall–Kier alpha value is -0.180. The van der Waals surface area contributed by atoms with Gasteiger partial charge >= 0.3 is 0 Å². The van der Waals surface area contributed by atoms with Crippen LogP contribution in [-0.4, -0.2) is 34.8 Å². The molecule has 0 radical (unpaired) electrons. The topological polar surface area (TPSA) is 27.1 Å². The van der Waals surface area contributed by atoms with E-state index in [4.69, 9.17) is 5.41 Å². The molecule has 2 unspecified atom stereocenters. The lowest BCUT2D eigenvalue weighted by Gasteiger charge is -2.38. The summed E-state index contributed by atoms with van der Waals surface area (Å²) in [6, 6.07) is 0.675. The lowest BCUT2D eigenvalue weighted by atomic mass is 9.94.